The number of hydrogen-bond donors (Lipinski definition) is 1. The van der Waals surface area contributed by atoms with Gasteiger partial charge in [0.15, 0.2) is 5.78 Å². The summed E-state index contributed by atoms with van der Waals surface area (Å²) in [5.74, 6) is 0.684. The van der Waals surface area contributed by atoms with Crippen molar-refractivity contribution >= 4 is 25.0 Å². The molecule has 1 N–H and O–H groups in total. The third-order valence-electron chi connectivity index (χ3n) is 4.11. The third kappa shape index (κ3) is 2.50. The molecule has 0 aliphatic rings. The van der Waals surface area contributed by atoms with Crippen molar-refractivity contribution in [3.8, 4) is 5.75 Å². The third-order valence-corrected chi connectivity index (χ3v) is 8.45. The van der Waals surface area contributed by atoms with Gasteiger partial charge in [-0.1, -0.05) is 20.8 Å². The molecule has 1 heterocycles. The fraction of sp³-hybridized carbons (Fsp3) is 0.467. The first-order valence-corrected chi connectivity index (χ1v) is 9.70. The lowest BCUT2D eigenvalue weighted by Crippen LogP contribution is -2.44. The van der Waals surface area contributed by atoms with Gasteiger partial charge in [-0.05, 0) is 37.2 Å². The summed E-state index contributed by atoms with van der Waals surface area (Å²) in [6.45, 7) is 12.5. The molecule has 1 aromatic carbocycles. The van der Waals surface area contributed by atoms with Gasteiger partial charge < -0.3 is 4.43 Å². The summed E-state index contributed by atoms with van der Waals surface area (Å²) < 4.78 is 6.31. The molecule has 0 aliphatic carbocycles. The lowest BCUT2D eigenvalue weighted by atomic mass is 10.1. The standard InChI is InChI=1S/C15H22N2O2Si/c1-10(18)14-11-9-16-17-12(11)7-8-13(14)19-20(5,6)15(2,3)4/h7-9H,1-6H3,(H,16,17). The summed E-state index contributed by atoms with van der Waals surface area (Å²) in [5, 5.41) is 7.82. The lowest BCUT2D eigenvalue weighted by Gasteiger charge is -2.37. The van der Waals surface area contributed by atoms with Crippen molar-refractivity contribution in [1.82, 2.24) is 10.2 Å². The highest BCUT2D eigenvalue weighted by Crippen LogP contribution is 2.39. The fourth-order valence-electron chi connectivity index (χ4n) is 1.87. The summed E-state index contributed by atoms with van der Waals surface area (Å²) >= 11 is 0. The van der Waals surface area contributed by atoms with E-state index >= 15 is 0 Å². The number of rotatable bonds is 3. The van der Waals surface area contributed by atoms with Gasteiger partial charge in [0.1, 0.15) is 5.75 Å². The lowest BCUT2D eigenvalue weighted by molar-refractivity contribution is 0.101. The first-order valence-electron chi connectivity index (χ1n) is 6.79. The van der Waals surface area contributed by atoms with Gasteiger partial charge in [-0.25, -0.2) is 0 Å². The molecule has 0 bridgehead atoms. The van der Waals surface area contributed by atoms with Crippen LogP contribution < -0.4 is 4.43 Å². The Kier molecular flexibility index (Phi) is 3.50. The minimum Gasteiger partial charge on any atom is -0.543 e. The van der Waals surface area contributed by atoms with Crippen molar-refractivity contribution in [3.63, 3.8) is 0 Å². The summed E-state index contributed by atoms with van der Waals surface area (Å²) in [7, 11) is -1.97. The van der Waals surface area contributed by atoms with E-state index in [2.05, 4.69) is 44.1 Å². The van der Waals surface area contributed by atoms with Crippen LogP contribution in [-0.4, -0.2) is 24.3 Å². The normalized spacial score (nSPS) is 12.7. The molecule has 0 radical (unpaired) electrons. The van der Waals surface area contributed by atoms with Gasteiger partial charge in [-0.2, -0.15) is 5.10 Å². The maximum atomic E-state index is 12.0. The minimum atomic E-state index is -1.97. The molecular formula is C15H22N2O2Si. The number of benzene rings is 1. The molecule has 0 saturated heterocycles. The number of ketones is 1. The van der Waals surface area contributed by atoms with Gasteiger partial charge in [0.05, 0.1) is 17.3 Å². The Labute approximate surface area is 120 Å². The number of aromatic amines is 1. The highest BCUT2D eigenvalue weighted by Gasteiger charge is 2.39. The first kappa shape index (κ1) is 14.8. The monoisotopic (exact) mass is 290 g/mol. The molecule has 2 aromatic rings. The van der Waals surface area contributed by atoms with Crippen LogP contribution in [0, 0.1) is 0 Å². The van der Waals surface area contributed by atoms with Crippen molar-refractivity contribution in [2.24, 2.45) is 0 Å². The fourth-order valence-corrected chi connectivity index (χ4v) is 2.90. The second-order valence-electron chi connectivity index (χ2n) is 6.69. The van der Waals surface area contributed by atoms with Gasteiger partial charge in [0.25, 0.3) is 8.32 Å². The molecule has 0 saturated carbocycles. The van der Waals surface area contributed by atoms with E-state index in [9.17, 15) is 4.79 Å². The molecule has 2 rings (SSSR count). The molecule has 1 aromatic heterocycles. The van der Waals surface area contributed by atoms with E-state index in [4.69, 9.17) is 4.43 Å². The van der Waals surface area contributed by atoms with E-state index in [0.717, 1.165) is 10.9 Å². The van der Waals surface area contributed by atoms with E-state index in [1.807, 2.05) is 12.1 Å². The topological polar surface area (TPSA) is 55.0 Å². The van der Waals surface area contributed by atoms with E-state index < -0.39 is 8.32 Å². The molecule has 5 heteroatoms. The number of nitrogens with zero attached hydrogens (tertiary/aromatic N) is 1. The Morgan fingerprint density at radius 3 is 2.50 bits per heavy atom. The molecular weight excluding hydrogens is 268 g/mol. The second-order valence-corrected chi connectivity index (χ2v) is 11.4. The zero-order valence-electron chi connectivity index (χ0n) is 13.0. The van der Waals surface area contributed by atoms with E-state index in [1.165, 1.54) is 0 Å². The summed E-state index contributed by atoms with van der Waals surface area (Å²) in [6, 6.07) is 3.79. The predicted molar refractivity (Wildman–Crippen MR) is 83.9 cm³/mol. The van der Waals surface area contributed by atoms with Crippen LogP contribution >= 0.6 is 0 Å². The van der Waals surface area contributed by atoms with Crippen molar-refractivity contribution in [2.75, 3.05) is 0 Å². The van der Waals surface area contributed by atoms with Crippen LogP contribution in [-0.2, 0) is 0 Å². The van der Waals surface area contributed by atoms with Crippen LogP contribution in [0.5, 0.6) is 5.75 Å². The van der Waals surface area contributed by atoms with Crippen LogP contribution in [0.4, 0.5) is 0 Å². The highest BCUT2D eigenvalue weighted by atomic mass is 28.4. The van der Waals surface area contributed by atoms with Crippen molar-refractivity contribution in [2.45, 2.75) is 45.8 Å². The average molecular weight is 290 g/mol. The SMILES string of the molecule is CC(=O)c1c(O[Si](C)(C)C(C)(C)C)ccc2[nH]ncc12. The Morgan fingerprint density at radius 1 is 1.30 bits per heavy atom. The average Bonchev–Trinajstić information content (AvgIpc) is 2.73. The number of Topliss-reactive ketones (excluding diaryl/α,β-unsaturated/α-hetero) is 1. The molecule has 20 heavy (non-hydrogen) atoms. The number of hydrogen-bond acceptors (Lipinski definition) is 3. The Bertz CT molecular complexity index is 653. The molecule has 0 atom stereocenters. The molecule has 0 unspecified atom stereocenters. The van der Waals surface area contributed by atoms with Crippen LogP contribution in [0.15, 0.2) is 18.3 Å². The number of H-pyrrole nitrogens is 1. The quantitative estimate of drug-likeness (QED) is 0.682. The summed E-state index contributed by atoms with van der Waals surface area (Å²) in [5.41, 5.74) is 1.49. The van der Waals surface area contributed by atoms with Crippen LogP contribution in [0.1, 0.15) is 38.1 Å². The Morgan fingerprint density at radius 2 is 1.95 bits per heavy atom. The van der Waals surface area contributed by atoms with Crippen molar-refractivity contribution in [3.05, 3.63) is 23.9 Å². The molecule has 4 nitrogen and oxygen atoms in total. The molecule has 0 amide bonds. The van der Waals surface area contributed by atoms with Crippen molar-refractivity contribution < 1.29 is 9.22 Å². The first-order chi connectivity index (χ1) is 9.13. The summed E-state index contributed by atoms with van der Waals surface area (Å²) in [6.07, 6.45) is 1.69. The van der Waals surface area contributed by atoms with Gasteiger partial charge >= 0.3 is 0 Å². The van der Waals surface area contributed by atoms with Gasteiger partial charge in [0.2, 0.25) is 0 Å². The van der Waals surface area contributed by atoms with Gasteiger partial charge in [-0.15, -0.1) is 0 Å². The molecule has 0 aliphatic heterocycles. The largest absolute Gasteiger partial charge is 0.543 e. The smallest absolute Gasteiger partial charge is 0.250 e. The maximum absolute atomic E-state index is 12.0. The summed E-state index contributed by atoms with van der Waals surface area (Å²) in [4.78, 5) is 12.0. The molecule has 0 fully saturated rings. The zero-order valence-corrected chi connectivity index (χ0v) is 14.0. The van der Waals surface area contributed by atoms with Gasteiger partial charge in [-0.3, -0.25) is 9.89 Å². The van der Waals surface area contributed by atoms with E-state index in [0.29, 0.717) is 11.3 Å². The van der Waals surface area contributed by atoms with E-state index in [-0.39, 0.29) is 10.8 Å². The van der Waals surface area contributed by atoms with Crippen LogP contribution in [0.3, 0.4) is 0 Å². The number of fused-ring (bicyclic) bond motifs is 1. The number of aromatic nitrogens is 2. The number of carbonyl (C=O) groups is 1. The van der Waals surface area contributed by atoms with Crippen LogP contribution in [0.2, 0.25) is 18.1 Å². The molecule has 108 valence electrons. The number of carbonyl (C=O) groups excluding carboxylic acids is 1. The predicted octanol–water partition coefficient (Wildman–Crippen LogP) is 4.15. The Hall–Kier alpha value is -1.62. The van der Waals surface area contributed by atoms with E-state index in [1.54, 1.807) is 13.1 Å². The maximum Gasteiger partial charge on any atom is 0.250 e. The number of nitrogens with one attached hydrogen (secondary N) is 1. The van der Waals surface area contributed by atoms with Crippen molar-refractivity contribution in [1.29, 1.82) is 0 Å². The minimum absolute atomic E-state index is 0.00529. The Balaban J connectivity index is 2.55. The highest BCUT2D eigenvalue weighted by molar-refractivity contribution is 6.74. The van der Waals surface area contributed by atoms with Gasteiger partial charge in [0, 0.05) is 5.39 Å². The second kappa shape index (κ2) is 4.73. The molecule has 0 spiro atoms. The van der Waals surface area contributed by atoms with Crippen LogP contribution in [0.25, 0.3) is 10.9 Å². The zero-order chi connectivity index (χ0) is 15.1.